The topological polar surface area (TPSA) is 92.0 Å². The van der Waals surface area contributed by atoms with E-state index in [1.807, 2.05) is 11.4 Å². The first-order chi connectivity index (χ1) is 16.9. The van der Waals surface area contributed by atoms with Crippen LogP contribution < -0.4 is 10.2 Å². The van der Waals surface area contributed by atoms with Gasteiger partial charge in [0.15, 0.2) is 17.4 Å². The highest BCUT2D eigenvalue weighted by atomic mass is 32.1. The fourth-order valence-corrected chi connectivity index (χ4v) is 5.52. The molecule has 6 rings (SSSR count). The smallest absolute Gasteiger partial charge is 0.193 e. The number of nitrogens with zero attached hydrogens (tertiary/aromatic N) is 6. The molecular weight excluding hydrogens is 465 g/mol. The molecule has 178 valence electrons. The molecule has 1 saturated heterocycles. The predicted molar refractivity (Wildman–Crippen MR) is 136 cm³/mol. The van der Waals surface area contributed by atoms with Gasteiger partial charge in [-0.15, -0.1) is 11.3 Å². The van der Waals surface area contributed by atoms with Crippen molar-refractivity contribution >= 4 is 38.8 Å². The molecule has 0 spiro atoms. The van der Waals surface area contributed by atoms with Crippen LogP contribution in [-0.2, 0) is 7.05 Å². The second-order valence-electron chi connectivity index (χ2n) is 9.14. The maximum absolute atomic E-state index is 15.0. The Morgan fingerprint density at radius 1 is 1.14 bits per heavy atom. The zero-order valence-corrected chi connectivity index (χ0v) is 20.3. The molecule has 0 saturated carbocycles. The molecule has 3 aromatic heterocycles. The molecule has 35 heavy (non-hydrogen) atoms. The Kier molecular flexibility index (Phi) is 5.15. The number of phenolic OH excluding ortho intramolecular Hbond substituents is 1. The van der Waals surface area contributed by atoms with Crippen molar-refractivity contribution in [1.82, 2.24) is 30.0 Å². The molecule has 0 amide bonds. The zero-order valence-electron chi connectivity index (χ0n) is 19.5. The van der Waals surface area contributed by atoms with Crippen molar-refractivity contribution in [1.29, 1.82) is 0 Å². The van der Waals surface area contributed by atoms with Crippen LogP contribution in [0.25, 0.3) is 43.9 Å². The Hall–Kier alpha value is -3.63. The number of thiazole rings is 1. The van der Waals surface area contributed by atoms with Gasteiger partial charge >= 0.3 is 0 Å². The SMILES string of the molecule is C[C@@H]1CN(c2ccc3nc(-c4cc5cn(C)nc5c(F)c4O)nc(-c4nccs4)c3c2)C[C@@H](C)N1. The number of aromatic nitrogens is 5. The lowest BCUT2D eigenvalue weighted by Gasteiger charge is -2.37. The number of anilines is 1. The molecule has 4 heterocycles. The highest BCUT2D eigenvalue weighted by Gasteiger charge is 2.24. The molecule has 0 bridgehead atoms. The molecule has 10 heteroatoms. The minimum atomic E-state index is -0.783. The number of nitrogens with one attached hydrogen (secondary N) is 1. The van der Waals surface area contributed by atoms with Crippen LogP contribution in [0, 0.1) is 5.82 Å². The number of halogens is 1. The van der Waals surface area contributed by atoms with Gasteiger partial charge in [-0.05, 0) is 38.1 Å². The largest absolute Gasteiger partial charge is 0.504 e. The zero-order chi connectivity index (χ0) is 24.3. The Morgan fingerprint density at radius 3 is 2.69 bits per heavy atom. The van der Waals surface area contributed by atoms with Gasteiger partial charge in [0.2, 0.25) is 0 Å². The molecule has 2 aromatic carbocycles. The van der Waals surface area contributed by atoms with E-state index in [1.165, 1.54) is 16.0 Å². The summed E-state index contributed by atoms with van der Waals surface area (Å²) in [6.07, 6.45) is 3.43. The maximum Gasteiger partial charge on any atom is 0.193 e. The van der Waals surface area contributed by atoms with Crippen molar-refractivity contribution in [3.8, 4) is 27.8 Å². The lowest BCUT2D eigenvalue weighted by Crippen LogP contribution is -2.54. The highest BCUT2D eigenvalue weighted by Crippen LogP contribution is 2.38. The lowest BCUT2D eigenvalue weighted by molar-refractivity contribution is 0.407. The molecule has 2 atom stereocenters. The van der Waals surface area contributed by atoms with E-state index in [1.54, 1.807) is 25.5 Å². The first kappa shape index (κ1) is 21.9. The molecule has 1 fully saturated rings. The van der Waals surface area contributed by atoms with E-state index in [-0.39, 0.29) is 16.9 Å². The molecule has 0 radical (unpaired) electrons. The van der Waals surface area contributed by atoms with Gasteiger partial charge in [-0.25, -0.2) is 19.3 Å². The maximum atomic E-state index is 15.0. The summed E-state index contributed by atoms with van der Waals surface area (Å²) in [5, 5.41) is 22.4. The highest BCUT2D eigenvalue weighted by molar-refractivity contribution is 7.13. The number of rotatable bonds is 3. The average molecular weight is 490 g/mol. The Balaban J connectivity index is 1.54. The number of phenols is 1. The fourth-order valence-electron chi connectivity index (χ4n) is 4.88. The second kappa shape index (κ2) is 8.24. The number of aryl methyl sites for hydroxylation is 1. The van der Waals surface area contributed by atoms with E-state index in [4.69, 9.17) is 9.97 Å². The van der Waals surface area contributed by atoms with Crippen LogP contribution in [0.5, 0.6) is 5.75 Å². The third kappa shape index (κ3) is 3.78. The van der Waals surface area contributed by atoms with Crippen LogP contribution in [0.4, 0.5) is 10.1 Å². The third-order valence-electron chi connectivity index (χ3n) is 6.31. The quantitative estimate of drug-likeness (QED) is 0.390. The van der Waals surface area contributed by atoms with Crippen LogP contribution in [0.1, 0.15) is 13.8 Å². The number of hydrogen-bond acceptors (Lipinski definition) is 8. The molecule has 0 unspecified atom stereocenters. The van der Waals surface area contributed by atoms with Gasteiger partial charge in [0, 0.05) is 66.5 Å². The molecule has 2 N–H and O–H groups in total. The summed E-state index contributed by atoms with van der Waals surface area (Å²) in [7, 11) is 1.71. The number of piperazine rings is 1. The first-order valence-corrected chi connectivity index (χ1v) is 12.3. The summed E-state index contributed by atoms with van der Waals surface area (Å²) in [5.74, 6) is -1.06. The van der Waals surface area contributed by atoms with Crippen LogP contribution in [0.3, 0.4) is 0 Å². The normalized spacial score (nSPS) is 18.6. The van der Waals surface area contributed by atoms with Crippen LogP contribution >= 0.6 is 11.3 Å². The van der Waals surface area contributed by atoms with E-state index in [2.05, 4.69) is 46.3 Å². The van der Waals surface area contributed by atoms with Gasteiger partial charge in [-0.2, -0.15) is 5.10 Å². The summed E-state index contributed by atoms with van der Waals surface area (Å²) in [6, 6.07) is 8.55. The number of hydrogen-bond donors (Lipinski definition) is 2. The predicted octanol–water partition coefficient (Wildman–Crippen LogP) is 4.34. The van der Waals surface area contributed by atoms with E-state index in [0.29, 0.717) is 28.7 Å². The molecule has 1 aliphatic heterocycles. The molecule has 1 aliphatic rings. The van der Waals surface area contributed by atoms with E-state index in [0.717, 1.165) is 29.2 Å². The van der Waals surface area contributed by atoms with Crippen LogP contribution in [0.15, 0.2) is 42.0 Å². The Bertz CT molecular complexity index is 1560. The summed E-state index contributed by atoms with van der Waals surface area (Å²) in [5.41, 5.74) is 2.78. The molecule has 5 aromatic rings. The summed E-state index contributed by atoms with van der Waals surface area (Å²) < 4.78 is 16.5. The number of benzene rings is 2. The standard InChI is InChI=1S/C25H24FN7OS/c1-13-10-33(11-14(2)28-13)16-4-5-19-17(9-16)22(25-27-6-7-35-25)30-24(29-19)18-8-15-12-32(3)31-21(15)20(26)23(18)34/h4-9,12-14,28,34H,10-11H2,1-3H3/t13-,14-/m1/s1. The van der Waals surface area contributed by atoms with Gasteiger partial charge in [-0.3, -0.25) is 4.68 Å². The minimum Gasteiger partial charge on any atom is -0.504 e. The number of fused-ring (bicyclic) bond motifs is 2. The molecular formula is C25H24FN7OS. The fraction of sp³-hybridized carbons (Fsp3) is 0.280. The van der Waals surface area contributed by atoms with E-state index >= 15 is 0 Å². The van der Waals surface area contributed by atoms with Gasteiger partial charge in [0.1, 0.15) is 16.2 Å². The number of aromatic hydroxyl groups is 1. The van der Waals surface area contributed by atoms with Gasteiger partial charge in [-0.1, -0.05) is 0 Å². The van der Waals surface area contributed by atoms with E-state index in [9.17, 15) is 9.50 Å². The average Bonchev–Trinajstić information content (AvgIpc) is 3.49. The van der Waals surface area contributed by atoms with Gasteiger partial charge in [0.25, 0.3) is 0 Å². The third-order valence-corrected chi connectivity index (χ3v) is 7.09. The van der Waals surface area contributed by atoms with Crippen LogP contribution in [-0.4, -0.2) is 55.0 Å². The van der Waals surface area contributed by atoms with Crippen molar-refractivity contribution in [2.45, 2.75) is 25.9 Å². The second-order valence-corrected chi connectivity index (χ2v) is 10.0. The van der Waals surface area contributed by atoms with Crippen molar-refractivity contribution in [2.75, 3.05) is 18.0 Å². The summed E-state index contributed by atoms with van der Waals surface area (Å²) >= 11 is 1.48. The molecule has 0 aliphatic carbocycles. The van der Waals surface area contributed by atoms with Crippen LogP contribution in [0.2, 0.25) is 0 Å². The minimum absolute atomic E-state index is 0.110. The first-order valence-electron chi connectivity index (χ1n) is 11.4. The Labute approximate surface area is 205 Å². The van der Waals surface area contributed by atoms with Crippen molar-refractivity contribution in [3.63, 3.8) is 0 Å². The van der Waals surface area contributed by atoms with Crippen molar-refractivity contribution < 1.29 is 9.50 Å². The van der Waals surface area contributed by atoms with E-state index < -0.39 is 11.6 Å². The van der Waals surface area contributed by atoms with Gasteiger partial charge in [0.05, 0.1) is 11.1 Å². The lowest BCUT2D eigenvalue weighted by atomic mass is 10.1. The summed E-state index contributed by atoms with van der Waals surface area (Å²) in [6.45, 7) is 6.18. The Morgan fingerprint density at radius 2 is 1.94 bits per heavy atom. The van der Waals surface area contributed by atoms with Crippen molar-refractivity contribution in [2.24, 2.45) is 7.05 Å². The monoisotopic (exact) mass is 489 g/mol. The molecule has 8 nitrogen and oxygen atoms in total. The van der Waals surface area contributed by atoms with Gasteiger partial charge < -0.3 is 15.3 Å². The summed E-state index contributed by atoms with van der Waals surface area (Å²) in [4.78, 5) is 16.4. The van der Waals surface area contributed by atoms with Crippen molar-refractivity contribution in [3.05, 3.63) is 47.9 Å².